The monoisotopic (exact) mass is 462 g/mol. The molecule has 2 N–H and O–H groups in total. The smallest absolute Gasteiger partial charge is 0.318 e. The molecule has 3 aromatic rings. The Labute approximate surface area is 201 Å². The van der Waals surface area contributed by atoms with Gasteiger partial charge in [0.15, 0.2) is 0 Å². The van der Waals surface area contributed by atoms with Gasteiger partial charge < -0.3 is 29.9 Å². The molecule has 180 valence electrons. The van der Waals surface area contributed by atoms with Gasteiger partial charge in [-0.2, -0.15) is 9.97 Å². The molecule has 0 aliphatic carbocycles. The Morgan fingerprint density at radius 3 is 2.74 bits per heavy atom. The molecule has 0 saturated carbocycles. The highest BCUT2D eigenvalue weighted by Crippen LogP contribution is 2.36. The lowest BCUT2D eigenvalue weighted by atomic mass is 10.0. The lowest BCUT2D eigenvalue weighted by Crippen LogP contribution is -2.45. The Balaban J connectivity index is 1.47. The van der Waals surface area contributed by atoms with Gasteiger partial charge in [-0.1, -0.05) is 31.2 Å². The van der Waals surface area contributed by atoms with Crippen molar-refractivity contribution < 1.29 is 9.84 Å². The second-order valence-electron chi connectivity index (χ2n) is 9.09. The van der Waals surface area contributed by atoms with Crippen LogP contribution in [0.5, 0.6) is 11.8 Å². The van der Waals surface area contributed by atoms with Gasteiger partial charge >= 0.3 is 6.01 Å². The van der Waals surface area contributed by atoms with Crippen molar-refractivity contribution in [3.63, 3.8) is 0 Å². The third-order valence-corrected chi connectivity index (χ3v) is 6.85. The standard InChI is InChI=1S/C26H34N6O2/c1-3-30(2)14-15-34-26-28-23-18-32(24-17-20(33)16-19-6-4-5-7-21(19)24)11-8-22(23)25(29-26)31-12-9-27-10-13-31/h4-7,16-17,27,33H,3,8-15,18H2,1-2H3. The number of benzene rings is 2. The van der Waals surface area contributed by atoms with Crippen LogP contribution in [0.15, 0.2) is 36.4 Å². The summed E-state index contributed by atoms with van der Waals surface area (Å²) in [5.74, 6) is 1.30. The number of fused-ring (bicyclic) bond motifs is 2. The topological polar surface area (TPSA) is 77.0 Å². The molecule has 2 aliphatic heterocycles. The minimum Gasteiger partial charge on any atom is -0.508 e. The molecule has 0 unspecified atom stereocenters. The number of phenols is 1. The van der Waals surface area contributed by atoms with Gasteiger partial charge in [0, 0.05) is 62.0 Å². The molecule has 0 atom stereocenters. The summed E-state index contributed by atoms with van der Waals surface area (Å²) in [6.07, 6.45) is 0.859. The molecule has 2 aliphatic rings. The number of rotatable bonds is 7. The van der Waals surface area contributed by atoms with E-state index in [1.165, 1.54) is 5.56 Å². The number of nitrogens with one attached hydrogen (secondary N) is 1. The summed E-state index contributed by atoms with van der Waals surface area (Å²) >= 11 is 0. The number of aromatic nitrogens is 2. The summed E-state index contributed by atoms with van der Waals surface area (Å²) in [5.41, 5.74) is 3.28. The third-order valence-electron chi connectivity index (χ3n) is 6.85. The van der Waals surface area contributed by atoms with Gasteiger partial charge in [0.2, 0.25) is 0 Å². The number of ether oxygens (including phenoxy) is 1. The van der Waals surface area contributed by atoms with Crippen LogP contribution in [0.4, 0.5) is 11.5 Å². The van der Waals surface area contributed by atoms with E-state index in [2.05, 4.69) is 40.1 Å². The largest absolute Gasteiger partial charge is 0.508 e. The normalized spacial score (nSPS) is 16.2. The predicted octanol–water partition coefficient (Wildman–Crippen LogP) is 2.64. The zero-order valence-corrected chi connectivity index (χ0v) is 20.1. The van der Waals surface area contributed by atoms with E-state index >= 15 is 0 Å². The average molecular weight is 463 g/mol. The van der Waals surface area contributed by atoms with E-state index in [1.807, 2.05) is 30.3 Å². The highest BCUT2D eigenvalue weighted by Gasteiger charge is 2.27. The molecule has 8 heteroatoms. The van der Waals surface area contributed by atoms with Crippen LogP contribution in [0.25, 0.3) is 10.8 Å². The van der Waals surface area contributed by atoms with Gasteiger partial charge in [-0.05, 0) is 31.5 Å². The first-order valence-corrected chi connectivity index (χ1v) is 12.3. The maximum atomic E-state index is 10.4. The van der Waals surface area contributed by atoms with Gasteiger partial charge in [-0.25, -0.2) is 0 Å². The SMILES string of the molecule is CCN(C)CCOc1nc2c(c(N3CCNCC3)n1)CCN(c1cc(O)cc3ccccc13)C2. The van der Waals surface area contributed by atoms with E-state index in [9.17, 15) is 5.11 Å². The van der Waals surface area contributed by atoms with Crippen molar-refractivity contribution in [1.29, 1.82) is 0 Å². The van der Waals surface area contributed by atoms with E-state index in [4.69, 9.17) is 14.7 Å². The molecule has 0 amide bonds. The van der Waals surface area contributed by atoms with Crippen LogP contribution in [0.1, 0.15) is 18.2 Å². The van der Waals surface area contributed by atoms with Gasteiger partial charge in [0.05, 0.1) is 12.2 Å². The molecule has 5 rings (SSSR count). The number of anilines is 2. The maximum Gasteiger partial charge on any atom is 0.318 e. The highest BCUT2D eigenvalue weighted by atomic mass is 16.5. The van der Waals surface area contributed by atoms with E-state index in [-0.39, 0.29) is 5.75 Å². The fraction of sp³-hybridized carbons (Fsp3) is 0.462. The molecule has 1 aromatic heterocycles. The quantitative estimate of drug-likeness (QED) is 0.555. The molecule has 0 radical (unpaired) electrons. The average Bonchev–Trinajstić information content (AvgIpc) is 2.87. The second-order valence-corrected chi connectivity index (χ2v) is 9.09. The summed E-state index contributed by atoms with van der Waals surface area (Å²) in [6.45, 7) is 9.80. The van der Waals surface area contributed by atoms with Crippen LogP contribution in [0.3, 0.4) is 0 Å². The Morgan fingerprint density at radius 2 is 1.91 bits per heavy atom. The minimum atomic E-state index is 0.285. The van der Waals surface area contributed by atoms with Crippen LogP contribution >= 0.6 is 0 Å². The number of likely N-dealkylation sites (N-methyl/N-ethyl adjacent to an activating group) is 1. The number of hydrogen-bond donors (Lipinski definition) is 2. The molecule has 1 fully saturated rings. The Kier molecular flexibility index (Phi) is 6.69. The van der Waals surface area contributed by atoms with Crippen LogP contribution < -0.4 is 19.9 Å². The molecule has 8 nitrogen and oxygen atoms in total. The fourth-order valence-electron chi connectivity index (χ4n) is 4.78. The van der Waals surface area contributed by atoms with Gasteiger partial charge in [-0.3, -0.25) is 0 Å². The maximum absolute atomic E-state index is 10.4. The van der Waals surface area contributed by atoms with Crippen molar-refractivity contribution in [1.82, 2.24) is 20.2 Å². The first-order valence-electron chi connectivity index (χ1n) is 12.3. The number of hydrogen-bond acceptors (Lipinski definition) is 8. The molecular formula is C26H34N6O2. The van der Waals surface area contributed by atoms with Crippen LogP contribution in [0, 0.1) is 0 Å². The first kappa shape index (κ1) is 22.7. The molecule has 34 heavy (non-hydrogen) atoms. The highest BCUT2D eigenvalue weighted by molar-refractivity contribution is 5.95. The third kappa shape index (κ3) is 4.74. The fourth-order valence-corrected chi connectivity index (χ4v) is 4.78. The van der Waals surface area contributed by atoms with Gasteiger partial charge in [-0.15, -0.1) is 0 Å². The number of phenolic OH excluding ortho intramolecular Hbond substituents is 1. The number of aromatic hydroxyl groups is 1. The molecule has 0 spiro atoms. The molecule has 0 bridgehead atoms. The van der Waals surface area contributed by atoms with Crippen molar-refractivity contribution in [3.8, 4) is 11.8 Å². The summed E-state index contributed by atoms with van der Waals surface area (Å²) in [6, 6.07) is 12.4. The van der Waals surface area contributed by atoms with Gasteiger partial charge in [0.1, 0.15) is 18.2 Å². The van der Waals surface area contributed by atoms with Crippen molar-refractivity contribution in [2.45, 2.75) is 19.9 Å². The second kappa shape index (κ2) is 10.0. The zero-order valence-electron chi connectivity index (χ0n) is 20.1. The molecule has 1 saturated heterocycles. The van der Waals surface area contributed by atoms with Crippen molar-refractivity contribution in [2.75, 3.05) is 69.3 Å². The Bertz CT molecular complexity index is 1150. The number of nitrogens with zero attached hydrogens (tertiary/aromatic N) is 5. The minimum absolute atomic E-state index is 0.285. The Morgan fingerprint density at radius 1 is 1.09 bits per heavy atom. The van der Waals surface area contributed by atoms with E-state index in [0.717, 1.165) is 80.2 Å². The zero-order chi connectivity index (χ0) is 23.5. The molecule has 2 aromatic carbocycles. The van der Waals surface area contributed by atoms with Crippen molar-refractivity contribution in [2.24, 2.45) is 0 Å². The van der Waals surface area contributed by atoms with E-state index in [1.54, 1.807) is 0 Å². The van der Waals surface area contributed by atoms with Crippen LogP contribution in [-0.4, -0.2) is 79.4 Å². The van der Waals surface area contributed by atoms with Crippen molar-refractivity contribution in [3.05, 3.63) is 47.7 Å². The summed E-state index contributed by atoms with van der Waals surface area (Å²) < 4.78 is 6.04. The molecular weight excluding hydrogens is 428 g/mol. The van der Waals surface area contributed by atoms with E-state index < -0.39 is 0 Å². The Hall–Kier alpha value is -3.10. The summed E-state index contributed by atoms with van der Waals surface area (Å²) in [7, 11) is 2.08. The first-order chi connectivity index (χ1) is 16.6. The molecule has 3 heterocycles. The van der Waals surface area contributed by atoms with Crippen LogP contribution in [0.2, 0.25) is 0 Å². The van der Waals surface area contributed by atoms with Gasteiger partial charge in [0.25, 0.3) is 0 Å². The van der Waals surface area contributed by atoms with E-state index in [0.29, 0.717) is 19.2 Å². The predicted molar refractivity (Wildman–Crippen MR) is 136 cm³/mol. The number of piperazine rings is 1. The van der Waals surface area contributed by atoms with Crippen molar-refractivity contribution >= 4 is 22.3 Å². The van der Waals surface area contributed by atoms with Crippen LogP contribution in [-0.2, 0) is 13.0 Å². The lowest BCUT2D eigenvalue weighted by molar-refractivity contribution is 0.230. The lowest BCUT2D eigenvalue weighted by Gasteiger charge is -2.35. The summed E-state index contributed by atoms with van der Waals surface area (Å²) in [4.78, 5) is 16.6. The summed E-state index contributed by atoms with van der Waals surface area (Å²) in [5, 5.41) is 16.0.